The third-order valence-corrected chi connectivity index (χ3v) is 3.12. The topological polar surface area (TPSA) is 94.0 Å². The average Bonchev–Trinajstić information content (AvgIpc) is 3.14. The molecule has 10 heteroatoms. The highest BCUT2D eigenvalue weighted by atomic mass is 19.4. The summed E-state index contributed by atoms with van der Waals surface area (Å²) in [7, 11) is 0. The Hall–Kier alpha value is -3.17. The van der Waals surface area contributed by atoms with Gasteiger partial charge in [0.2, 0.25) is 5.82 Å². The fourth-order valence-corrected chi connectivity index (χ4v) is 2.08. The van der Waals surface area contributed by atoms with Crippen LogP contribution in [-0.2, 0) is 17.5 Å². The highest BCUT2D eigenvalue weighted by Crippen LogP contribution is 2.33. The zero-order valence-electron chi connectivity index (χ0n) is 11.9. The quantitative estimate of drug-likeness (QED) is 0.786. The van der Waals surface area contributed by atoms with Crippen molar-refractivity contribution < 1.29 is 27.5 Å². The number of benzene rings is 1. The van der Waals surface area contributed by atoms with Crippen molar-refractivity contribution in [3.63, 3.8) is 0 Å². The molecule has 0 aliphatic rings. The lowest BCUT2D eigenvalue weighted by Crippen LogP contribution is -2.11. The van der Waals surface area contributed by atoms with Crippen LogP contribution < -0.4 is 0 Å². The van der Waals surface area contributed by atoms with Crippen LogP contribution in [-0.4, -0.2) is 31.3 Å². The van der Waals surface area contributed by atoms with Crippen LogP contribution in [0.15, 0.2) is 40.8 Å². The molecule has 3 rings (SSSR count). The molecular formula is C14H9F3N4O3. The molecule has 24 heavy (non-hydrogen) atoms. The van der Waals surface area contributed by atoms with Crippen molar-refractivity contribution in [1.82, 2.24) is 20.2 Å². The summed E-state index contributed by atoms with van der Waals surface area (Å²) in [5.41, 5.74) is -0.568. The first-order valence-electron chi connectivity index (χ1n) is 6.60. The van der Waals surface area contributed by atoms with Crippen LogP contribution in [0.5, 0.6) is 0 Å². The summed E-state index contributed by atoms with van der Waals surface area (Å²) < 4.78 is 44.8. The van der Waals surface area contributed by atoms with E-state index in [2.05, 4.69) is 15.5 Å². The maximum atomic E-state index is 12.8. The van der Waals surface area contributed by atoms with E-state index in [1.165, 1.54) is 24.3 Å². The number of aromatic nitrogens is 4. The van der Waals surface area contributed by atoms with Crippen LogP contribution in [0.2, 0.25) is 0 Å². The van der Waals surface area contributed by atoms with Gasteiger partial charge in [-0.25, -0.2) is 4.68 Å². The summed E-state index contributed by atoms with van der Waals surface area (Å²) >= 11 is 0. The fraction of sp³-hybridized carbons (Fsp3) is 0.143. The van der Waals surface area contributed by atoms with E-state index >= 15 is 0 Å². The van der Waals surface area contributed by atoms with Crippen LogP contribution in [0.25, 0.3) is 22.9 Å². The maximum absolute atomic E-state index is 12.8. The SMILES string of the molecule is O=C(O)Cn1nnnc1-c1ccc(-c2cccc(C(F)(F)F)c2)o1. The zero-order valence-corrected chi connectivity index (χ0v) is 11.9. The largest absolute Gasteiger partial charge is 0.480 e. The molecule has 0 aliphatic heterocycles. The minimum absolute atomic E-state index is 0.0654. The van der Waals surface area contributed by atoms with Crippen LogP contribution in [0.1, 0.15) is 5.56 Å². The van der Waals surface area contributed by atoms with Gasteiger partial charge in [0.05, 0.1) is 5.56 Å². The molecule has 0 fully saturated rings. The standard InChI is InChI=1S/C14H9F3N4O3/c15-14(16,17)9-3-1-2-8(6-9)10-4-5-11(24-10)13-18-19-20-21(13)7-12(22)23/h1-6H,7H2,(H,22,23). The molecule has 0 amide bonds. The molecule has 124 valence electrons. The number of hydrogen-bond donors (Lipinski definition) is 1. The maximum Gasteiger partial charge on any atom is 0.416 e. The Bertz CT molecular complexity index is 885. The average molecular weight is 338 g/mol. The van der Waals surface area contributed by atoms with Gasteiger partial charge in [-0.05, 0) is 34.7 Å². The summed E-state index contributed by atoms with van der Waals surface area (Å²) in [6.07, 6.45) is -4.46. The Labute approximate surface area is 132 Å². The van der Waals surface area contributed by atoms with E-state index in [4.69, 9.17) is 9.52 Å². The molecule has 3 aromatic rings. The Morgan fingerprint density at radius 3 is 2.67 bits per heavy atom. The van der Waals surface area contributed by atoms with Gasteiger partial charge in [0, 0.05) is 5.56 Å². The molecule has 0 saturated carbocycles. The molecule has 0 aliphatic carbocycles. The second-order valence-electron chi connectivity index (χ2n) is 4.80. The molecule has 0 radical (unpaired) electrons. The first kappa shape index (κ1) is 15.7. The van der Waals surface area contributed by atoms with Crippen LogP contribution >= 0.6 is 0 Å². The first-order chi connectivity index (χ1) is 11.3. The van der Waals surface area contributed by atoms with Gasteiger partial charge in [0.1, 0.15) is 12.3 Å². The Balaban J connectivity index is 1.95. The Morgan fingerprint density at radius 1 is 1.21 bits per heavy atom. The molecule has 0 atom stereocenters. The van der Waals surface area contributed by atoms with Crippen molar-refractivity contribution in [2.45, 2.75) is 12.7 Å². The predicted molar refractivity (Wildman–Crippen MR) is 73.6 cm³/mol. The summed E-state index contributed by atoms with van der Waals surface area (Å²) in [5.74, 6) is -0.751. The van der Waals surface area contributed by atoms with E-state index in [9.17, 15) is 18.0 Å². The second-order valence-corrected chi connectivity index (χ2v) is 4.80. The summed E-state index contributed by atoms with van der Waals surface area (Å²) in [6, 6.07) is 7.58. The van der Waals surface area contributed by atoms with Crippen molar-refractivity contribution in [3.05, 3.63) is 42.0 Å². The summed E-state index contributed by atoms with van der Waals surface area (Å²) in [6.45, 7) is -0.470. The minimum atomic E-state index is -4.46. The molecule has 0 saturated heterocycles. The number of carboxylic acids is 1. The van der Waals surface area contributed by atoms with Crippen molar-refractivity contribution in [2.24, 2.45) is 0 Å². The van der Waals surface area contributed by atoms with E-state index < -0.39 is 24.3 Å². The van der Waals surface area contributed by atoms with Crippen molar-refractivity contribution in [1.29, 1.82) is 0 Å². The third kappa shape index (κ3) is 3.12. The molecule has 0 bridgehead atoms. The highest BCUT2D eigenvalue weighted by Gasteiger charge is 2.30. The normalized spacial score (nSPS) is 11.6. The first-order valence-corrected chi connectivity index (χ1v) is 6.60. The lowest BCUT2D eigenvalue weighted by Gasteiger charge is -2.07. The third-order valence-electron chi connectivity index (χ3n) is 3.12. The van der Waals surface area contributed by atoms with E-state index in [1.54, 1.807) is 0 Å². The van der Waals surface area contributed by atoms with Gasteiger partial charge < -0.3 is 9.52 Å². The van der Waals surface area contributed by atoms with Gasteiger partial charge >= 0.3 is 12.1 Å². The molecule has 0 spiro atoms. The van der Waals surface area contributed by atoms with E-state index in [1.807, 2.05) is 0 Å². The minimum Gasteiger partial charge on any atom is -0.480 e. The Morgan fingerprint density at radius 2 is 1.96 bits per heavy atom. The number of alkyl halides is 3. The van der Waals surface area contributed by atoms with Crippen LogP contribution in [0.4, 0.5) is 13.2 Å². The van der Waals surface area contributed by atoms with Gasteiger partial charge in [-0.15, -0.1) is 5.10 Å². The Kier molecular flexibility index (Phi) is 3.80. The number of tetrazole rings is 1. The fourth-order valence-electron chi connectivity index (χ4n) is 2.08. The number of carboxylic acid groups (broad SMARTS) is 1. The molecule has 1 aromatic carbocycles. The van der Waals surface area contributed by atoms with Gasteiger partial charge in [0.15, 0.2) is 5.76 Å². The summed E-state index contributed by atoms with van der Waals surface area (Å²) in [5, 5.41) is 19.4. The van der Waals surface area contributed by atoms with Gasteiger partial charge in [0.25, 0.3) is 0 Å². The molecular weight excluding hydrogens is 329 g/mol. The van der Waals surface area contributed by atoms with Crippen molar-refractivity contribution in [2.75, 3.05) is 0 Å². The smallest absolute Gasteiger partial charge is 0.416 e. The number of furan rings is 1. The van der Waals surface area contributed by atoms with Crippen LogP contribution in [0.3, 0.4) is 0 Å². The molecule has 2 heterocycles. The molecule has 7 nitrogen and oxygen atoms in total. The lowest BCUT2D eigenvalue weighted by atomic mass is 10.1. The van der Waals surface area contributed by atoms with E-state index in [0.29, 0.717) is 0 Å². The van der Waals surface area contributed by atoms with Gasteiger partial charge in [-0.3, -0.25) is 4.79 Å². The number of rotatable bonds is 4. The predicted octanol–water partition coefficient (Wildman–Crippen LogP) is 2.70. The zero-order chi connectivity index (χ0) is 17.3. The second kappa shape index (κ2) is 5.80. The highest BCUT2D eigenvalue weighted by molar-refractivity contribution is 5.67. The van der Waals surface area contributed by atoms with Crippen LogP contribution in [0, 0.1) is 0 Å². The molecule has 2 aromatic heterocycles. The lowest BCUT2D eigenvalue weighted by molar-refractivity contribution is -0.138. The number of nitrogens with zero attached hydrogens (tertiary/aromatic N) is 4. The monoisotopic (exact) mass is 338 g/mol. The summed E-state index contributed by atoms with van der Waals surface area (Å²) in [4.78, 5) is 10.8. The number of aliphatic carboxylic acids is 1. The number of hydrogen-bond acceptors (Lipinski definition) is 5. The molecule has 0 unspecified atom stereocenters. The molecule has 1 N–H and O–H groups in total. The van der Waals surface area contributed by atoms with Gasteiger partial charge in [-0.2, -0.15) is 13.2 Å². The van der Waals surface area contributed by atoms with Gasteiger partial charge in [-0.1, -0.05) is 12.1 Å². The van der Waals surface area contributed by atoms with Crippen molar-refractivity contribution >= 4 is 5.97 Å². The van der Waals surface area contributed by atoms with Crippen molar-refractivity contribution in [3.8, 4) is 22.9 Å². The van der Waals surface area contributed by atoms with E-state index in [-0.39, 0.29) is 22.9 Å². The number of carbonyl (C=O) groups is 1. The number of halogens is 3. The van der Waals surface area contributed by atoms with E-state index in [0.717, 1.165) is 16.8 Å².